The van der Waals surface area contributed by atoms with Crippen LogP contribution < -0.4 is 14.8 Å². The van der Waals surface area contributed by atoms with Gasteiger partial charge in [-0.1, -0.05) is 37.3 Å². The third-order valence-electron chi connectivity index (χ3n) is 5.94. The number of rotatable bonds is 11. The number of likely N-dealkylation sites (tertiary alicyclic amines) is 1. The second kappa shape index (κ2) is 12.7. The number of nitrogens with one attached hydrogen (secondary N) is 1. The van der Waals surface area contributed by atoms with Gasteiger partial charge in [-0.05, 0) is 55.9 Å². The van der Waals surface area contributed by atoms with Crippen LogP contribution in [0, 0.1) is 0 Å². The highest BCUT2D eigenvalue weighted by atomic mass is 16.5. The number of Topliss-reactive ketones (excluding diaryl/α,β-unsaturated/α-hetero) is 1. The Kier molecular flexibility index (Phi) is 9.40. The number of carbonyl (C=O) groups is 4. The molecule has 1 saturated heterocycles. The van der Waals surface area contributed by atoms with Crippen molar-refractivity contribution in [2.45, 2.75) is 51.1 Å². The molecular formula is C27H32N2O6. The standard InChI is InChI=1S/C27H32N2O6/c1-3-15-35-24-17-20(12-13-23(24)34-2)25(31)27(33)29-14-8-7-11-22(29)26(32)28-21(18-30)16-19-9-5-4-6-10-19/h4-6,9-10,12-13,17-18,21-22H,3,7-8,11,14-16H2,1-2H3,(H,28,32)/t21-,22?/m0/s1. The summed E-state index contributed by atoms with van der Waals surface area (Å²) in [7, 11) is 1.50. The number of benzene rings is 2. The van der Waals surface area contributed by atoms with E-state index in [9.17, 15) is 19.2 Å². The molecule has 8 nitrogen and oxygen atoms in total. The van der Waals surface area contributed by atoms with Gasteiger partial charge in [-0.2, -0.15) is 0 Å². The van der Waals surface area contributed by atoms with Gasteiger partial charge in [0, 0.05) is 12.1 Å². The molecule has 0 spiro atoms. The van der Waals surface area contributed by atoms with Crippen molar-refractivity contribution in [3.8, 4) is 11.5 Å². The van der Waals surface area contributed by atoms with E-state index in [1.165, 1.54) is 24.1 Å². The molecular weight excluding hydrogens is 448 g/mol. The lowest BCUT2D eigenvalue weighted by Gasteiger charge is -2.34. The summed E-state index contributed by atoms with van der Waals surface area (Å²) in [6, 6.07) is 12.4. The van der Waals surface area contributed by atoms with E-state index >= 15 is 0 Å². The number of methoxy groups -OCH3 is 1. The fraction of sp³-hybridized carbons (Fsp3) is 0.407. The van der Waals surface area contributed by atoms with Crippen LogP contribution in [0.4, 0.5) is 0 Å². The largest absolute Gasteiger partial charge is 0.493 e. The molecule has 1 N–H and O–H groups in total. The second-order valence-corrected chi connectivity index (χ2v) is 8.49. The lowest BCUT2D eigenvalue weighted by Crippen LogP contribution is -2.55. The molecule has 0 saturated carbocycles. The van der Waals surface area contributed by atoms with Crippen LogP contribution in [-0.2, 0) is 20.8 Å². The quantitative estimate of drug-likeness (QED) is 0.301. The molecule has 0 bridgehead atoms. The molecule has 186 valence electrons. The number of hydrogen-bond acceptors (Lipinski definition) is 6. The molecule has 1 unspecified atom stereocenters. The molecule has 2 aromatic rings. The first-order chi connectivity index (χ1) is 17.0. The number of ether oxygens (including phenoxy) is 2. The summed E-state index contributed by atoms with van der Waals surface area (Å²) in [5.74, 6) is -1.04. The molecule has 1 aliphatic rings. The Hall–Kier alpha value is -3.68. The first-order valence-corrected chi connectivity index (χ1v) is 11.9. The molecule has 3 rings (SSSR count). The highest BCUT2D eigenvalue weighted by molar-refractivity contribution is 6.43. The van der Waals surface area contributed by atoms with Gasteiger partial charge in [0.05, 0.1) is 19.8 Å². The van der Waals surface area contributed by atoms with Crippen molar-refractivity contribution in [3.63, 3.8) is 0 Å². The highest BCUT2D eigenvalue weighted by Crippen LogP contribution is 2.29. The second-order valence-electron chi connectivity index (χ2n) is 8.49. The van der Waals surface area contributed by atoms with Gasteiger partial charge in [-0.25, -0.2) is 0 Å². The van der Waals surface area contributed by atoms with E-state index in [2.05, 4.69) is 5.32 Å². The van der Waals surface area contributed by atoms with Crippen molar-refractivity contribution in [3.05, 3.63) is 59.7 Å². The van der Waals surface area contributed by atoms with Crippen LogP contribution >= 0.6 is 0 Å². The molecule has 0 radical (unpaired) electrons. The van der Waals surface area contributed by atoms with Crippen molar-refractivity contribution in [2.24, 2.45) is 0 Å². The average Bonchev–Trinajstić information content (AvgIpc) is 2.90. The summed E-state index contributed by atoms with van der Waals surface area (Å²) < 4.78 is 10.9. The van der Waals surface area contributed by atoms with Crippen LogP contribution in [0.2, 0.25) is 0 Å². The number of piperidine rings is 1. The van der Waals surface area contributed by atoms with E-state index in [4.69, 9.17) is 9.47 Å². The first-order valence-electron chi connectivity index (χ1n) is 11.9. The van der Waals surface area contributed by atoms with Crippen molar-refractivity contribution < 1.29 is 28.7 Å². The minimum absolute atomic E-state index is 0.168. The number of nitrogens with zero attached hydrogens (tertiary/aromatic N) is 1. The Balaban J connectivity index is 1.73. The molecule has 1 aliphatic heterocycles. The number of amides is 2. The molecule has 1 fully saturated rings. The zero-order chi connectivity index (χ0) is 25.2. The summed E-state index contributed by atoms with van der Waals surface area (Å²) in [5.41, 5.74) is 1.08. The summed E-state index contributed by atoms with van der Waals surface area (Å²) >= 11 is 0. The van der Waals surface area contributed by atoms with Gasteiger partial charge >= 0.3 is 0 Å². The Bertz CT molecular complexity index is 1040. The van der Waals surface area contributed by atoms with Gasteiger partial charge in [0.25, 0.3) is 11.7 Å². The minimum Gasteiger partial charge on any atom is -0.493 e. The van der Waals surface area contributed by atoms with Crippen LogP contribution in [0.25, 0.3) is 0 Å². The molecule has 2 atom stereocenters. The zero-order valence-electron chi connectivity index (χ0n) is 20.2. The van der Waals surface area contributed by atoms with Gasteiger partial charge in [0.15, 0.2) is 11.5 Å². The van der Waals surface area contributed by atoms with E-state index in [0.717, 1.165) is 18.4 Å². The molecule has 35 heavy (non-hydrogen) atoms. The normalized spacial score (nSPS) is 16.2. The average molecular weight is 481 g/mol. The third-order valence-corrected chi connectivity index (χ3v) is 5.94. The maximum atomic E-state index is 13.2. The number of aldehydes is 1. The predicted octanol–water partition coefficient (Wildman–Crippen LogP) is 2.97. The Labute approximate surface area is 205 Å². The summed E-state index contributed by atoms with van der Waals surface area (Å²) in [6.07, 6.45) is 3.68. The maximum Gasteiger partial charge on any atom is 0.295 e. The number of hydrogen-bond donors (Lipinski definition) is 1. The maximum absolute atomic E-state index is 13.2. The molecule has 2 amide bonds. The van der Waals surface area contributed by atoms with Crippen molar-refractivity contribution in [1.82, 2.24) is 10.2 Å². The van der Waals surface area contributed by atoms with Gasteiger partial charge in [-0.3, -0.25) is 14.4 Å². The Morgan fingerprint density at radius 1 is 1.11 bits per heavy atom. The zero-order valence-corrected chi connectivity index (χ0v) is 20.2. The van der Waals surface area contributed by atoms with Gasteiger partial charge in [0.2, 0.25) is 5.91 Å². The number of ketones is 1. The van der Waals surface area contributed by atoms with E-state index < -0.39 is 29.7 Å². The smallest absolute Gasteiger partial charge is 0.295 e. The van der Waals surface area contributed by atoms with Crippen molar-refractivity contribution in [1.29, 1.82) is 0 Å². The first kappa shape index (κ1) is 25.9. The van der Waals surface area contributed by atoms with Crippen LogP contribution in [0.1, 0.15) is 48.5 Å². The fourth-order valence-electron chi connectivity index (χ4n) is 4.12. The van der Waals surface area contributed by atoms with Gasteiger partial charge in [0.1, 0.15) is 12.3 Å². The molecule has 0 aromatic heterocycles. The van der Waals surface area contributed by atoms with Crippen LogP contribution in [0.3, 0.4) is 0 Å². The lowest BCUT2D eigenvalue weighted by atomic mass is 9.98. The topological polar surface area (TPSA) is 102 Å². The van der Waals surface area contributed by atoms with E-state index in [0.29, 0.717) is 50.2 Å². The molecule has 8 heteroatoms. The summed E-state index contributed by atoms with van der Waals surface area (Å²) in [4.78, 5) is 52.3. The van der Waals surface area contributed by atoms with E-state index in [1.54, 1.807) is 6.07 Å². The fourth-order valence-corrected chi connectivity index (χ4v) is 4.12. The van der Waals surface area contributed by atoms with E-state index in [1.807, 2.05) is 37.3 Å². The van der Waals surface area contributed by atoms with Crippen molar-refractivity contribution in [2.75, 3.05) is 20.3 Å². The molecule has 1 heterocycles. The van der Waals surface area contributed by atoms with Gasteiger partial charge < -0.3 is 24.5 Å². The number of carbonyl (C=O) groups excluding carboxylic acids is 4. The molecule has 2 aromatic carbocycles. The Morgan fingerprint density at radius 3 is 2.57 bits per heavy atom. The van der Waals surface area contributed by atoms with E-state index in [-0.39, 0.29) is 5.56 Å². The van der Waals surface area contributed by atoms with Crippen molar-refractivity contribution >= 4 is 23.9 Å². The summed E-state index contributed by atoms with van der Waals surface area (Å²) in [5, 5.41) is 2.75. The molecule has 0 aliphatic carbocycles. The SMILES string of the molecule is CCCOc1cc(C(=O)C(=O)N2CCCCC2C(=O)N[C@H](C=O)Cc2ccccc2)ccc1OC. The summed E-state index contributed by atoms with van der Waals surface area (Å²) in [6.45, 7) is 2.70. The predicted molar refractivity (Wildman–Crippen MR) is 131 cm³/mol. The minimum atomic E-state index is -0.813. The van der Waals surface area contributed by atoms with Crippen LogP contribution in [0.15, 0.2) is 48.5 Å². The Morgan fingerprint density at radius 2 is 1.89 bits per heavy atom. The van der Waals surface area contributed by atoms with Gasteiger partial charge in [-0.15, -0.1) is 0 Å². The third kappa shape index (κ3) is 6.68. The van der Waals surface area contributed by atoms with Crippen LogP contribution in [0.5, 0.6) is 11.5 Å². The monoisotopic (exact) mass is 480 g/mol. The highest BCUT2D eigenvalue weighted by Gasteiger charge is 2.36. The lowest BCUT2D eigenvalue weighted by molar-refractivity contribution is -0.139. The van der Waals surface area contributed by atoms with Crippen LogP contribution in [-0.4, -0.2) is 61.1 Å².